The van der Waals surface area contributed by atoms with Crippen molar-refractivity contribution in [3.63, 3.8) is 0 Å². The van der Waals surface area contributed by atoms with Crippen LogP contribution in [-0.2, 0) is 26.2 Å². The van der Waals surface area contributed by atoms with E-state index in [1.54, 1.807) is 37.3 Å². The van der Waals surface area contributed by atoms with Gasteiger partial charge in [0.25, 0.3) is 0 Å². The van der Waals surface area contributed by atoms with E-state index < -0.39 is 28.5 Å². The SMILES string of the molecule is CC[C@H](C)NC(=O)[C@H](CC)N(Cc1ccc(Cl)cc1)C(=O)CN(c1cc(Cl)ccc1OC)S(C)(=O)=O. The number of ether oxygens (including phenoxy) is 1. The maximum absolute atomic E-state index is 13.7. The smallest absolute Gasteiger partial charge is 0.244 e. The number of carbonyl (C=O) groups is 2. The number of hydrogen-bond acceptors (Lipinski definition) is 5. The summed E-state index contributed by atoms with van der Waals surface area (Å²) in [6.45, 7) is 5.18. The Morgan fingerprint density at radius 3 is 2.17 bits per heavy atom. The summed E-state index contributed by atoms with van der Waals surface area (Å²) in [6, 6.07) is 10.5. The van der Waals surface area contributed by atoms with Gasteiger partial charge in [-0.3, -0.25) is 13.9 Å². The van der Waals surface area contributed by atoms with Crippen molar-refractivity contribution in [1.82, 2.24) is 10.2 Å². The molecule has 2 amide bonds. The number of sulfonamides is 1. The van der Waals surface area contributed by atoms with Gasteiger partial charge in [-0.05, 0) is 55.7 Å². The van der Waals surface area contributed by atoms with Gasteiger partial charge in [0.2, 0.25) is 21.8 Å². The summed E-state index contributed by atoms with van der Waals surface area (Å²) in [5.41, 5.74) is 0.873. The molecule has 0 radical (unpaired) electrons. The third-order valence-electron chi connectivity index (χ3n) is 5.74. The monoisotopic (exact) mass is 557 g/mol. The highest BCUT2D eigenvalue weighted by Crippen LogP contribution is 2.33. The molecule has 2 aromatic carbocycles. The number of nitrogens with one attached hydrogen (secondary N) is 1. The summed E-state index contributed by atoms with van der Waals surface area (Å²) in [5, 5.41) is 3.75. The summed E-state index contributed by atoms with van der Waals surface area (Å²) in [7, 11) is -2.52. The largest absolute Gasteiger partial charge is 0.495 e. The third-order valence-corrected chi connectivity index (χ3v) is 7.36. The number of carbonyl (C=O) groups excluding carboxylic acids is 2. The third kappa shape index (κ3) is 8.01. The summed E-state index contributed by atoms with van der Waals surface area (Å²) < 4.78 is 31.8. The van der Waals surface area contributed by atoms with Crippen LogP contribution in [0.5, 0.6) is 5.75 Å². The van der Waals surface area contributed by atoms with Crippen molar-refractivity contribution >= 4 is 50.7 Å². The Morgan fingerprint density at radius 2 is 1.64 bits per heavy atom. The van der Waals surface area contributed by atoms with E-state index >= 15 is 0 Å². The van der Waals surface area contributed by atoms with Gasteiger partial charge in [0.15, 0.2) is 0 Å². The van der Waals surface area contributed by atoms with E-state index in [9.17, 15) is 18.0 Å². The average molecular weight is 559 g/mol. The Balaban J connectivity index is 2.50. The van der Waals surface area contributed by atoms with Crippen LogP contribution in [0.4, 0.5) is 5.69 Å². The van der Waals surface area contributed by atoms with Crippen molar-refractivity contribution in [2.24, 2.45) is 0 Å². The highest BCUT2D eigenvalue weighted by Gasteiger charge is 2.33. The van der Waals surface area contributed by atoms with Crippen LogP contribution in [-0.4, -0.2) is 57.1 Å². The zero-order valence-electron chi connectivity index (χ0n) is 21.1. The van der Waals surface area contributed by atoms with Crippen molar-refractivity contribution in [1.29, 1.82) is 0 Å². The minimum Gasteiger partial charge on any atom is -0.495 e. The molecule has 36 heavy (non-hydrogen) atoms. The Kier molecular flexibility index (Phi) is 10.9. The highest BCUT2D eigenvalue weighted by atomic mass is 35.5. The minimum absolute atomic E-state index is 0.0812. The molecule has 0 bridgehead atoms. The van der Waals surface area contributed by atoms with Gasteiger partial charge in [-0.2, -0.15) is 0 Å². The van der Waals surface area contributed by atoms with Crippen molar-refractivity contribution in [3.05, 3.63) is 58.1 Å². The number of amides is 2. The number of hydrogen-bond donors (Lipinski definition) is 1. The lowest BCUT2D eigenvalue weighted by molar-refractivity contribution is -0.140. The average Bonchev–Trinajstić information content (AvgIpc) is 2.82. The van der Waals surface area contributed by atoms with Crippen LogP contribution in [0.3, 0.4) is 0 Å². The normalized spacial score (nSPS) is 13.0. The summed E-state index contributed by atoms with van der Waals surface area (Å²) >= 11 is 12.1. The Hall–Kier alpha value is -2.49. The number of rotatable bonds is 12. The molecule has 1 N–H and O–H groups in total. The van der Waals surface area contributed by atoms with Crippen LogP contribution in [0.2, 0.25) is 10.0 Å². The molecule has 0 aromatic heterocycles. The van der Waals surface area contributed by atoms with Crippen molar-refractivity contribution < 1.29 is 22.7 Å². The van der Waals surface area contributed by atoms with E-state index in [2.05, 4.69) is 5.32 Å². The maximum atomic E-state index is 13.7. The molecule has 2 rings (SSSR count). The van der Waals surface area contributed by atoms with E-state index in [4.69, 9.17) is 27.9 Å². The molecule has 0 unspecified atom stereocenters. The predicted octanol–water partition coefficient (Wildman–Crippen LogP) is 4.49. The van der Waals surface area contributed by atoms with E-state index in [1.165, 1.54) is 24.1 Å². The number of benzene rings is 2. The number of methoxy groups -OCH3 is 1. The van der Waals surface area contributed by atoms with E-state index in [0.717, 1.165) is 22.5 Å². The minimum atomic E-state index is -3.92. The molecule has 8 nitrogen and oxygen atoms in total. The second-order valence-corrected chi connectivity index (χ2v) is 11.3. The van der Waals surface area contributed by atoms with E-state index in [0.29, 0.717) is 11.4 Å². The first-order valence-corrected chi connectivity index (χ1v) is 14.2. The highest BCUT2D eigenvalue weighted by molar-refractivity contribution is 7.92. The number of halogens is 2. The lowest BCUT2D eigenvalue weighted by atomic mass is 10.1. The molecule has 0 saturated heterocycles. The molecular formula is C25H33Cl2N3O5S. The van der Waals surface area contributed by atoms with Crippen LogP contribution in [0, 0.1) is 0 Å². The molecule has 0 aliphatic rings. The van der Waals surface area contributed by atoms with Gasteiger partial charge in [0, 0.05) is 22.6 Å². The second kappa shape index (κ2) is 13.2. The maximum Gasteiger partial charge on any atom is 0.244 e. The fourth-order valence-corrected chi connectivity index (χ4v) is 4.74. The van der Waals surface area contributed by atoms with Gasteiger partial charge in [-0.15, -0.1) is 0 Å². The van der Waals surface area contributed by atoms with Gasteiger partial charge in [0.1, 0.15) is 18.3 Å². The summed E-state index contributed by atoms with van der Waals surface area (Å²) in [5.74, 6) is -0.618. The van der Waals surface area contributed by atoms with Crippen LogP contribution < -0.4 is 14.4 Å². The predicted molar refractivity (Wildman–Crippen MR) is 144 cm³/mol. The first-order chi connectivity index (χ1) is 16.9. The standard InChI is InChI=1S/C25H33Cl2N3O5S/c1-6-17(3)28-25(32)21(7-2)29(15-18-8-10-19(26)11-9-18)24(31)16-30(36(5,33)34)22-14-20(27)12-13-23(22)35-4/h8-14,17,21H,6-7,15-16H2,1-5H3,(H,28,32)/t17-,21-/m0/s1. The lowest BCUT2D eigenvalue weighted by Gasteiger charge is -2.33. The first-order valence-electron chi connectivity index (χ1n) is 11.6. The Labute approximate surface area is 223 Å². The van der Waals surface area contributed by atoms with Gasteiger partial charge >= 0.3 is 0 Å². The van der Waals surface area contributed by atoms with Crippen LogP contribution in [0.15, 0.2) is 42.5 Å². The molecule has 2 aromatic rings. The Morgan fingerprint density at radius 1 is 1.03 bits per heavy atom. The number of anilines is 1. The fraction of sp³-hybridized carbons (Fsp3) is 0.440. The summed E-state index contributed by atoms with van der Waals surface area (Å²) in [4.78, 5) is 28.3. The van der Waals surface area contributed by atoms with Crippen molar-refractivity contribution in [2.45, 2.75) is 52.2 Å². The van der Waals surface area contributed by atoms with Crippen molar-refractivity contribution in [3.8, 4) is 5.75 Å². The van der Waals surface area contributed by atoms with Crippen LogP contribution >= 0.6 is 23.2 Å². The zero-order chi connectivity index (χ0) is 27.0. The van der Waals surface area contributed by atoms with Gasteiger partial charge in [-0.25, -0.2) is 8.42 Å². The zero-order valence-corrected chi connectivity index (χ0v) is 23.5. The van der Waals surface area contributed by atoms with Gasteiger partial charge in [-0.1, -0.05) is 49.2 Å². The van der Waals surface area contributed by atoms with E-state index in [-0.39, 0.29) is 35.0 Å². The quantitative estimate of drug-likeness (QED) is 0.414. The molecule has 0 aliphatic heterocycles. The molecule has 11 heteroatoms. The first kappa shape index (κ1) is 29.7. The molecule has 0 spiro atoms. The Bertz CT molecular complexity index is 1160. The second-order valence-electron chi connectivity index (χ2n) is 8.48. The molecule has 0 heterocycles. The van der Waals surface area contributed by atoms with E-state index in [1.807, 2.05) is 13.8 Å². The van der Waals surface area contributed by atoms with Crippen LogP contribution in [0.1, 0.15) is 39.2 Å². The topological polar surface area (TPSA) is 96.0 Å². The fourth-order valence-electron chi connectivity index (χ4n) is 3.60. The van der Waals surface area contributed by atoms with Crippen LogP contribution in [0.25, 0.3) is 0 Å². The molecule has 0 saturated carbocycles. The molecule has 198 valence electrons. The van der Waals surface area contributed by atoms with Crippen molar-refractivity contribution in [2.75, 3.05) is 24.2 Å². The molecule has 0 fully saturated rings. The molecule has 2 atom stereocenters. The molecule has 0 aliphatic carbocycles. The summed E-state index contributed by atoms with van der Waals surface area (Å²) in [6.07, 6.45) is 2.06. The lowest BCUT2D eigenvalue weighted by Crippen LogP contribution is -2.53. The van der Waals surface area contributed by atoms with Gasteiger partial charge in [0.05, 0.1) is 19.1 Å². The number of nitrogens with zero attached hydrogens (tertiary/aromatic N) is 2. The van der Waals surface area contributed by atoms with Gasteiger partial charge < -0.3 is 15.0 Å². The molecular weight excluding hydrogens is 525 g/mol.